The molecule has 230 valence electrons. The zero-order valence-corrected chi connectivity index (χ0v) is 22.3. The highest BCUT2D eigenvalue weighted by Gasteiger charge is 2.18. The second-order valence-electron chi connectivity index (χ2n) is 8.02. The molecule has 0 heterocycles. The number of nitrogens with two attached hydrogens (primary N) is 5. The summed E-state index contributed by atoms with van der Waals surface area (Å²) in [4.78, 5) is 39.4. The number of aliphatic carboxylic acids is 4. The van der Waals surface area contributed by atoms with Crippen LogP contribution in [0.15, 0.2) is 0 Å². The Morgan fingerprint density at radius 2 is 0.500 bits per heavy atom. The molecule has 18 heteroatoms. The molecule has 19 N–H and O–H groups in total. The summed E-state index contributed by atoms with van der Waals surface area (Å²) in [6.45, 7) is 8.77. The molecule has 2 unspecified atom stereocenters. The van der Waals surface area contributed by atoms with E-state index in [4.69, 9.17) is 74.6 Å². The first-order chi connectivity index (χ1) is 16.9. The molecule has 0 saturated carbocycles. The van der Waals surface area contributed by atoms with E-state index in [1.807, 2.05) is 0 Å². The highest BCUT2D eigenvalue weighted by atomic mass is 16.4. The second-order valence-corrected chi connectivity index (χ2v) is 8.02. The smallest absolute Gasteiger partial charge is 0.323 e. The van der Waals surface area contributed by atoms with Crippen LogP contribution in [0.4, 0.5) is 0 Å². The fraction of sp³-hybridized carbons (Fsp3) is 0.800. The Hall–Kier alpha value is -2.52. The molecule has 0 aromatic carbocycles. The third-order valence-electron chi connectivity index (χ3n) is 3.98. The molecule has 0 rings (SSSR count). The maximum atomic E-state index is 9.86. The van der Waals surface area contributed by atoms with Crippen LogP contribution in [0.5, 0.6) is 0 Å². The topological polar surface area (TPSA) is 380 Å². The van der Waals surface area contributed by atoms with Crippen LogP contribution in [0, 0.1) is 0 Å². The van der Waals surface area contributed by atoms with Gasteiger partial charge >= 0.3 is 23.9 Å². The van der Waals surface area contributed by atoms with E-state index < -0.39 is 72.5 Å². The van der Waals surface area contributed by atoms with Crippen molar-refractivity contribution in [2.75, 3.05) is 0 Å². The van der Waals surface area contributed by atoms with Gasteiger partial charge in [0.15, 0.2) is 0 Å². The van der Waals surface area contributed by atoms with Gasteiger partial charge in [0.05, 0.1) is 30.5 Å². The summed E-state index contributed by atoms with van der Waals surface area (Å²) in [6, 6.07) is -4.72. The molecule has 0 aromatic heterocycles. The minimum atomic E-state index is -1.18. The summed E-state index contributed by atoms with van der Waals surface area (Å²) < 4.78 is 0. The van der Waals surface area contributed by atoms with Crippen LogP contribution in [0.25, 0.3) is 0 Å². The lowest BCUT2D eigenvalue weighted by molar-refractivity contribution is -0.141. The van der Waals surface area contributed by atoms with Crippen molar-refractivity contribution < 1.29 is 65.1 Å². The standard InChI is InChI=1S/4C4H9NO3.C4H11NO/c4*1-2(6)3(5)4(7)8;1-3(5)4(2)6/h4*2-3,6H,5H2,1H3,(H,7,8);3-4,6H,5H2,1-2H3/t2?,3-;2-,3+;2*2-,3-;3-,4?/m01111/s1. The number of aliphatic hydroxyl groups excluding tert-OH is 5. The Bertz CT molecular complexity index is 545. The fourth-order valence-corrected chi connectivity index (χ4v) is 0.825. The predicted molar refractivity (Wildman–Crippen MR) is 134 cm³/mol. The van der Waals surface area contributed by atoms with Gasteiger partial charge in [0, 0.05) is 6.04 Å². The van der Waals surface area contributed by atoms with Gasteiger partial charge in [-0.25, -0.2) is 0 Å². The molecule has 18 nitrogen and oxygen atoms in total. The third-order valence-corrected chi connectivity index (χ3v) is 3.98. The molecule has 0 radical (unpaired) electrons. The van der Waals surface area contributed by atoms with E-state index in [2.05, 4.69) is 0 Å². The van der Waals surface area contributed by atoms with E-state index >= 15 is 0 Å². The largest absolute Gasteiger partial charge is 0.480 e. The van der Waals surface area contributed by atoms with E-state index in [1.165, 1.54) is 27.7 Å². The van der Waals surface area contributed by atoms with Crippen LogP contribution >= 0.6 is 0 Å². The minimum absolute atomic E-state index is 0.0926. The minimum Gasteiger partial charge on any atom is -0.480 e. The maximum Gasteiger partial charge on any atom is 0.323 e. The zero-order valence-electron chi connectivity index (χ0n) is 22.3. The van der Waals surface area contributed by atoms with Gasteiger partial charge in [-0.3, -0.25) is 19.2 Å². The molecule has 10 atom stereocenters. The van der Waals surface area contributed by atoms with Gasteiger partial charge in [-0.05, 0) is 41.5 Å². The summed E-state index contributed by atoms with van der Waals surface area (Å²) >= 11 is 0. The molecule has 0 aliphatic rings. The predicted octanol–water partition coefficient (Wildman–Crippen LogP) is -5.17. The Labute approximate surface area is 220 Å². The van der Waals surface area contributed by atoms with Crippen LogP contribution in [-0.4, -0.2) is 131 Å². The van der Waals surface area contributed by atoms with Crippen LogP contribution in [0.1, 0.15) is 41.5 Å². The number of aliphatic hydroxyl groups is 5. The monoisotopic (exact) mass is 565 g/mol. The zero-order chi connectivity index (χ0) is 32.1. The van der Waals surface area contributed by atoms with Crippen LogP contribution in [-0.2, 0) is 19.2 Å². The lowest BCUT2D eigenvalue weighted by Crippen LogP contribution is -2.39. The Kier molecular flexibility index (Phi) is 29.6. The van der Waals surface area contributed by atoms with E-state index in [0.29, 0.717) is 0 Å². The van der Waals surface area contributed by atoms with Crippen molar-refractivity contribution in [3.8, 4) is 0 Å². The average Bonchev–Trinajstić information content (AvgIpc) is 2.77. The summed E-state index contributed by atoms with van der Waals surface area (Å²) in [5.74, 6) is -4.72. The Morgan fingerprint density at radius 1 is 0.395 bits per heavy atom. The molecule has 0 spiro atoms. The Morgan fingerprint density at radius 3 is 0.500 bits per heavy atom. The quantitative estimate of drug-likeness (QED) is 0.124. The first kappa shape index (κ1) is 45.4. The van der Waals surface area contributed by atoms with Gasteiger partial charge in [0.1, 0.15) is 24.2 Å². The van der Waals surface area contributed by atoms with Crippen molar-refractivity contribution >= 4 is 23.9 Å². The van der Waals surface area contributed by atoms with Crippen molar-refractivity contribution in [3.05, 3.63) is 0 Å². The number of carboxylic acids is 4. The van der Waals surface area contributed by atoms with Crippen LogP contribution in [0.2, 0.25) is 0 Å². The summed E-state index contributed by atoms with van der Waals surface area (Å²) in [5, 5.41) is 74.7. The lowest BCUT2D eigenvalue weighted by atomic mass is 10.2. The third kappa shape index (κ3) is 31.5. The van der Waals surface area contributed by atoms with E-state index in [1.54, 1.807) is 13.8 Å². The van der Waals surface area contributed by atoms with Gasteiger partial charge in [-0.2, -0.15) is 0 Å². The van der Waals surface area contributed by atoms with Gasteiger partial charge in [0.25, 0.3) is 0 Å². The molecule has 0 amide bonds. The van der Waals surface area contributed by atoms with Crippen molar-refractivity contribution in [1.29, 1.82) is 0 Å². The Balaban J connectivity index is -0.000000120. The van der Waals surface area contributed by atoms with Crippen LogP contribution in [0.3, 0.4) is 0 Å². The number of carbonyl (C=O) groups is 4. The molecule has 0 bridgehead atoms. The van der Waals surface area contributed by atoms with E-state index in [-0.39, 0.29) is 12.1 Å². The van der Waals surface area contributed by atoms with Crippen molar-refractivity contribution in [3.63, 3.8) is 0 Å². The normalized spacial score (nSPS) is 17.8. The summed E-state index contributed by atoms with van der Waals surface area (Å²) in [5.41, 5.74) is 24.8. The van der Waals surface area contributed by atoms with Gasteiger partial charge in [0.2, 0.25) is 0 Å². The van der Waals surface area contributed by atoms with E-state index in [0.717, 1.165) is 0 Å². The highest BCUT2D eigenvalue weighted by molar-refractivity contribution is 5.74. The molecule has 38 heavy (non-hydrogen) atoms. The summed E-state index contributed by atoms with van der Waals surface area (Å²) in [7, 11) is 0. The average molecular weight is 566 g/mol. The fourth-order valence-electron chi connectivity index (χ4n) is 0.825. The molecular formula is C20H47N5O13. The first-order valence-electron chi connectivity index (χ1n) is 11.0. The highest BCUT2D eigenvalue weighted by Crippen LogP contribution is 1.88. The second kappa shape index (κ2) is 24.8. The number of hydrogen-bond donors (Lipinski definition) is 14. The molecular weight excluding hydrogens is 518 g/mol. The molecule has 0 aliphatic heterocycles. The molecule has 0 aliphatic carbocycles. The number of carboxylic acid groups (broad SMARTS) is 4. The molecule has 0 saturated heterocycles. The number of rotatable bonds is 9. The SMILES string of the molecule is CC(O)[C@@H](C)N.CC(O)[C@H](N)C(=O)O.C[C@@H](O)[C@@H](N)C(=O)O.C[C@@H](O)[C@@H](N)C(=O)O.C[C@@H](O)[C@H](N)C(=O)O. The first-order valence-corrected chi connectivity index (χ1v) is 11.0. The van der Waals surface area contributed by atoms with Crippen molar-refractivity contribution in [1.82, 2.24) is 0 Å². The lowest BCUT2D eigenvalue weighted by Gasteiger charge is -2.07. The van der Waals surface area contributed by atoms with Gasteiger partial charge in [-0.1, -0.05) is 0 Å². The van der Waals surface area contributed by atoms with Gasteiger partial charge < -0.3 is 74.6 Å². The molecule has 0 aromatic rings. The molecule has 0 fully saturated rings. The van der Waals surface area contributed by atoms with Gasteiger partial charge in [-0.15, -0.1) is 0 Å². The maximum absolute atomic E-state index is 9.86. The van der Waals surface area contributed by atoms with Crippen molar-refractivity contribution in [2.45, 2.75) is 102 Å². The number of hydrogen-bond acceptors (Lipinski definition) is 14. The van der Waals surface area contributed by atoms with Crippen LogP contribution < -0.4 is 28.7 Å². The summed E-state index contributed by atoms with van der Waals surface area (Å²) in [6.07, 6.45) is -4.29. The van der Waals surface area contributed by atoms with Crippen molar-refractivity contribution in [2.24, 2.45) is 28.7 Å². The van der Waals surface area contributed by atoms with E-state index in [9.17, 15) is 19.2 Å².